The quantitative estimate of drug-likeness (QED) is 0.921. The van der Waals surface area contributed by atoms with Crippen molar-refractivity contribution in [2.45, 2.75) is 64.1 Å². The average Bonchev–Trinajstić information content (AvgIpc) is 2.86. The zero-order chi connectivity index (χ0) is 13.8. The molecule has 1 saturated carbocycles. The molecule has 1 aliphatic heterocycles. The summed E-state index contributed by atoms with van der Waals surface area (Å²) >= 11 is 0. The molecule has 4 nitrogen and oxygen atoms in total. The molecule has 1 unspecified atom stereocenters. The number of nitrogens with zero attached hydrogens (tertiary/aromatic N) is 3. The zero-order valence-electron chi connectivity index (χ0n) is 12.7. The molecule has 1 saturated heterocycles. The lowest BCUT2D eigenvalue weighted by Crippen LogP contribution is -2.33. The van der Waals surface area contributed by atoms with E-state index in [1.807, 2.05) is 0 Å². The maximum Gasteiger partial charge on any atom is 0.0765 e. The van der Waals surface area contributed by atoms with Gasteiger partial charge in [0.15, 0.2) is 0 Å². The average molecular weight is 276 g/mol. The minimum atomic E-state index is 0.653. The summed E-state index contributed by atoms with van der Waals surface area (Å²) in [5, 5.41) is 8.33. The first-order chi connectivity index (χ1) is 9.83. The van der Waals surface area contributed by atoms with Crippen molar-refractivity contribution in [2.75, 3.05) is 19.6 Å². The van der Waals surface area contributed by atoms with Crippen LogP contribution in [0.1, 0.15) is 57.2 Å². The highest BCUT2D eigenvalue weighted by Gasteiger charge is 2.19. The highest BCUT2D eigenvalue weighted by molar-refractivity contribution is 5.00. The van der Waals surface area contributed by atoms with Crippen molar-refractivity contribution in [1.82, 2.24) is 20.0 Å². The molecule has 2 fully saturated rings. The van der Waals surface area contributed by atoms with Crippen LogP contribution >= 0.6 is 0 Å². The largest absolute Gasteiger partial charge is 0.315 e. The SMILES string of the molecule is CC1CCNCCN1Cc1ccn(C2CCCCC2)n1. The molecule has 0 spiro atoms. The second-order valence-electron chi connectivity index (χ2n) is 6.44. The van der Waals surface area contributed by atoms with Crippen LogP contribution in [0.15, 0.2) is 12.3 Å². The third kappa shape index (κ3) is 3.41. The maximum absolute atomic E-state index is 4.85. The van der Waals surface area contributed by atoms with Gasteiger partial charge in [-0.25, -0.2) is 0 Å². The second-order valence-corrected chi connectivity index (χ2v) is 6.44. The molecule has 1 aromatic rings. The Kier molecular flexibility index (Phi) is 4.73. The number of rotatable bonds is 3. The van der Waals surface area contributed by atoms with Gasteiger partial charge in [-0.2, -0.15) is 5.10 Å². The molecular formula is C16H28N4. The molecule has 20 heavy (non-hydrogen) atoms. The number of hydrogen-bond donors (Lipinski definition) is 1. The molecule has 0 aromatic carbocycles. The zero-order valence-corrected chi connectivity index (χ0v) is 12.7. The molecule has 0 amide bonds. The lowest BCUT2D eigenvalue weighted by Gasteiger charge is -2.25. The fourth-order valence-electron chi connectivity index (χ4n) is 3.52. The first-order valence-corrected chi connectivity index (χ1v) is 8.32. The van der Waals surface area contributed by atoms with Crippen LogP contribution in [0.3, 0.4) is 0 Å². The standard InChI is InChI=1S/C16H28N4/c1-14-7-9-17-10-12-19(14)13-15-8-11-20(18-15)16-5-3-2-4-6-16/h8,11,14,16-17H,2-7,9-10,12-13H2,1H3. The smallest absolute Gasteiger partial charge is 0.0765 e. The molecule has 1 N–H and O–H groups in total. The Labute approximate surface area is 122 Å². The molecule has 1 aromatic heterocycles. The van der Waals surface area contributed by atoms with E-state index in [1.165, 1.54) is 44.2 Å². The fourth-order valence-corrected chi connectivity index (χ4v) is 3.52. The third-order valence-electron chi connectivity index (χ3n) is 4.92. The summed E-state index contributed by atoms with van der Waals surface area (Å²) in [6.07, 6.45) is 10.2. The second kappa shape index (κ2) is 6.72. The first kappa shape index (κ1) is 14.1. The molecule has 0 bridgehead atoms. The Morgan fingerprint density at radius 1 is 1.20 bits per heavy atom. The van der Waals surface area contributed by atoms with E-state index >= 15 is 0 Å². The van der Waals surface area contributed by atoms with Gasteiger partial charge in [0.1, 0.15) is 0 Å². The Bertz CT molecular complexity index is 408. The van der Waals surface area contributed by atoms with Gasteiger partial charge in [-0.05, 0) is 38.8 Å². The summed E-state index contributed by atoms with van der Waals surface area (Å²) in [5.74, 6) is 0. The van der Waals surface area contributed by atoms with E-state index in [4.69, 9.17) is 5.10 Å². The Morgan fingerprint density at radius 3 is 2.90 bits per heavy atom. The van der Waals surface area contributed by atoms with E-state index in [1.54, 1.807) is 0 Å². The van der Waals surface area contributed by atoms with E-state index < -0.39 is 0 Å². The van der Waals surface area contributed by atoms with Gasteiger partial charge in [0.05, 0.1) is 11.7 Å². The summed E-state index contributed by atoms with van der Waals surface area (Å²) < 4.78 is 2.23. The third-order valence-corrected chi connectivity index (χ3v) is 4.92. The highest BCUT2D eigenvalue weighted by atomic mass is 15.3. The Balaban J connectivity index is 1.61. The van der Waals surface area contributed by atoms with E-state index in [0.717, 1.165) is 26.2 Å². The van der Waals surface area contributed by atoms with Crippen LogP contribution in [0.25, 0.3) is 0 Å². The molecule has 0 radical (unpaired) electrons. The number of nitrogens with one attached hydrogen (secondary N) is 1. The van der Waals surface area contributed by atoms with E-state index in [9.17, 15) is 0 Å². The first-order valence-electron chi connectivity index (χ1n) is 8.32. The van der Waals surface area contributed by atoms with Crippen LogP contribution in [0.2, 0.25) is 0 Å². The van der Waals surface area contributed by atoms with Crippen molar-refractivity contribution >= 4 is 0 Å². The summed E-state index contributed by atoms with van der Waals surface area (Å²) in [5.41, 5.74) is 1.24. The Hall–Kier alpha value is -0.870. The molecular weight excluding hydrogens is 248 g/mol. The van der Waals surface area contributed by atoms with Crippen LogP contribution in [0.4, 0.5) is 0 Å². The van der Waals surface area contributed by atoms with E-state index in [2.05, 4.69) is 34.1 Å². The predicted molar refractivity (Wildman–Crippen MR) is 81.7 cm³/mol. The molecule has 4 heteroatoms. The topological polar surface area (TPSA) is 33.1 Å². The predicted octanol–water partition coefficient (Wildman–Crippen LogP) is 2.57. The van der Waals surface area contributed by atoms with Gasteiger partial charge >= 0.3 is 0 Å². The molecule has 2 aliphatic rings. The van der Waals surface area contributed by atoms with Gasteiger partial charge in [0.2, 0.25) is 0 Å². The van der Waals surface area contributed by atoms with E-state index in [-0.39, 0.29) is 0 Å². The Morgan fingerprint density at radius 2 is 2.05 bits per heavy atom. The molecule has 112 valence electrons. The summed E-state index contributed by atoms with van der Waals surface area (Å²) in [6.45, 7) is 6.73. The van der Waals surface area contributed by atoms with Crippen molar-refractivity contribution in [1.29, 1.82) is 0 Å². The van der Waals surface area contributed by atoms with Crippen molar-refractivity contribution in [3.05, 3.63) is 18.0 Å². The van der Waals surface area contributed by atoms with Gasteiger partial charge in [0, 0.05) is 31.9 Å². The normalized spacial score (nSPS) is 26.6. The number of hydrogen-bond acceptors (Lipinski definition) is 3. The summed E-state index contributed by atoms with van der Waals surface area (Å²) in [7, 11) is 0. The molecule has 2 heterocycles. The van der Waals surface area contributed by atoms with Gasteiger partial charge < -0.3 is 5.32 Å². The minimum Gasteiger partial charge on any atom is -0.315 e. The van der Waals surface area contributed by atoms with Crippen molar-refractivity contribution < 1.29 is 0 Å². The van der Waals surface area contributed by atoms with Crippen molar-refractivity contribution in [3.63, 3.8) is 0 Å². The molecule has 1 aliphatic carbocycles. The van der Waals surface area contributed by atoms with Crippen LogP contribution in [0.5, 0.6) is 0 Å². The van der Waals surface area contributed by atoms with Crippen LogP contribution in [0, 0.1) is 0 Å². The lowest BCUT2D eigenvalue weighted by atomic mass is 9.96. The van der Waals surface area contributed by atoms with E-state index in [0.29, 0.717) is 12.1 Å². The van der Waals surface area contributed by atoms with Gasteiger partial charge in [-0.3, -0.25) is 9.58 Å². The monoisotopic (exact) mass is 276 g/mol. The van der Waals surface area contributed by atoms with Gasteiger partial charge in [-0.1, -0.05) is 19.3 Å². The van der Waals surface area contributed by atoms with Crippen LogP contribution < -0.4 is 5.32 Å². The van der Waals surface area contributed by atoms with Crippen LogP contribution in [-0.4, -0.2) is 40.4 Å². The minimum absolute atomic E-state index is 0.653. The fraction of sp³-hybridized carbons (Fsp3) is 0.812. The summed E-state index contributed by atoms with van der Waals surface area (Å²) in [4.78, 5) is 2.56. The molecule has 3 rings (SSSR count). The number of aromatic nitrogens is 2. The lowest BCUT2D eigenvalue weighted by molar-refractivity contribution is 0.207. The summed E-state index contributed by atoms with van der Waals surface area (Å²) in [6, 6.07) is 3.53. The van der Waals surface area contributed by atoms with Gasteiger partial charge in [0.25, 0.3) is 0 Å². The maximum atomic E-state index is 4.85. The van der Waals surface area contributed by atoms with Crippen molar-refractivity contribution in [2.24, 2.45) is 0 Å². The molecule has 1 atom stereocenters. The van der Waals surface area contributed by atoms with Crippen molar-refractivity contribution in [3.8, 4) is 0 Å². The highest BCUT2D eigenvalue weighted by Crippen LogP contribution is 2.27. The van der Waals surface area contributed by atoms with Crippen LogP contribution in [-0.2, 0) is 6.54 Å². The van der Waals surface area contributed by atoms with Gasteiger partial charge in [-0.15, -0.1) is 0 Å².